The largest absolute Gasteiger partial charge is 0.300 e. The molecule has 1 aromatic carbocycles. The van der Waals surface area contributed by atoms with E-state index in [1.165, 1.54) is 4.57 Å². The molecule has 0 radical (unpaired) electrons. The van der Waals surface area contributed by atoms with Gasteiger partial charge < -0.3 is 0 Å². The van der Waals surface area contributed by atoms with Crippen LogP contribution in [0, 0.1) is 0 Å². The van der Waals surface area contributed by atoms with Crippen molar-refractivity contribution in [3.8, 4) is 5.69 Å². The number of benzene rings is 1. The Bertz CT molecular complexity index is 748. The molecule has 2 heterocycles. The predicted octanol–water partition coefficient (Wildman–Crippen LogP) is 1.62. The minimum atomic E-state index is -0.215. The zero-order valence-corrected chi connectivity index (χ0v) is 10.1. The van der Waals surface area contributed by atoms with Crippen LogP contribution in [-0.4, -0.2) is 19.2 Å². The van der Waals surface area contributed by atoms with Gasteiger partial charge in [0.1, 0.15) is 0 Å². The molecule has 0 saturated carbocycles. The lowest BCUT2D eigenvalue weighted by Crippen LogP contribution is -2.20. The Morgan fingerprint density at radius 1 is 1.11 bits per heavy atom. The van der Waals surface area contributed by atoms with Crippen molar-refractivity contribution in [3.05, 3.63) is 58.9 Å². The average Bonchev–Trinajstić information content (AvgIpc) is 2.84. The summed E-state index contributed by atoms with van der Waals surface area (Å²) < 4.78 is 3.14. The van der Waals surface area contributed by atoms with E-state index < -0.39 is 0 Å². The van der Waals surface area contributed by atoms with E-state index in [2.05, 4.69) is 10.2 Å². The van der Waals surface area contributed by atoms with E-state index in [1.54, 1.807) is 16.8 Å². The number of hydrogen-bond donors (Lipinski definition) is 0. The highest BCUT2D eigenvalue weighted by Gasteiger charge is 2.10. The van der Waals surface area contributed by atoms with E-state index in [9.17, 15) is 4.79 Å². The lowest BCUT2D eigenvalue weighted by Gasteiger charge is -2.05. The lowest BCUT2D eigenvalue weighted by atomic mass is 10.3. The van der Waals surface area contributed by atoms with Gasteiger partial charge >= 0.3 is 5.56 Å². The normalized spacial score (nSPS) is 10.9. The number of para-hydroxylation sites is 1. The average molecular weight is 261 g/mol. The Balaban J connectivity index is 2.28. The Morgan fingerprint density at radius 3 is 2.61 bits per heavy atom. The molecule has 0 bridgehead atoms. The quantitative estimate of drug-likeness (QED) is 0.658. The Morgan fingerprint density at radius 2 is 1.89 bits per heavy atom. The van der Waals surface area contributed by atoms with Crippen molar-refractivity contribution in [2.24, 2.45) is 0 Å². The highest BCUT2D eigenvalue weighted by atomic mass is 35.5. The number of hydrogen-bond acceptors (Lipinski definition) is 3. The van der Waals surface area contributed by atoms with E-state index in [0.717, 1.165) is 5.69 Å². The second kappa shape index (κ2) is 4.27. The van der Waals surface area contributed by atoms with Gasteiger partial charge in [-0.25, -0.2) is 0 Å². The maximum absolute atomic E-state index is 12.3. The summed E-state index contributed by atoms with van der Waals surface area (Å²) in [6.45, 7) is 0. The number of nitrogens with zero attached hydrogens (tertiary/aromatic N) is 4. The SMILES string of the molecule is O=c1c2nnc(CCl)n2ccn1-c1ccccc1. The number of fused-ring (bicyclic) bond motifs is 1. The topological polar surface area (TPSA) is 52.2 Å². The van der Waals surface area contributed by atoms with Gasteiger partial charge in [-0.15, -0.1) is 21.8 Å². The molecule has 0 N–H and O–H groups in total. The Kier molecular flexibility index (Phi) is 2.60. The molecule has 0 fully saturated rings. The minimum Gasteiger partial charge on any atom is -0.280 e. The maximum atomic E-state index is 12.3. The third kappa shape index (κ3) is 1.60. The zero-order valence-electron chi connectivity index (χ0n) is 9.32. The predicted molar refractivity (Wildman–Crippen MR) is 68.1 cm³/mol. The number of halogens is 1. The molecular formula is C12H9ClN4O. The number of aromatic nitrogens is 4. The smallest absolute Gasteiger partial charge is 0.280 e. The first-order valence-electron chi connectivity index (χ1n) is 5.38. The molecule has 0 saturated heterocycles. The van der Waals surface area contributed by atoms with E-state index in [1.807, 2.05) is 30.3 Å². The van der Waals surface area contributed by atoms with Crippen LogP contribution in [0.15, 0.2) is 47.5 Å². The molecule has 0 aliphatic carbocycles. The maximum Gasteiger partial charge on any atom is 0.300 e. The highest BCUT2D eigenvalue weighted by Crippen LogP contribution is 2.06. The monoisotopic (exact) mass is 260 g/mol. The molecule has 0 aliphatic heterocycles. The van der Waals surface area contributed by atoms with E-state index >= 15 is 0 Å². The highest BCUT2D eigenvalue weighted by molar-refractivity contribution is 6.16. The molecular weight excluding hydrogens is 252 g/mol. The summed E-state index contributed by atoms with van der Waals surface area (Å²) in [5, 5.41) is 7.75. The third-order valence-electron chi connectivity index (χ3n) is 2.70. The van der Waals surface area contributed by atoms with Gasteiger partial charge in [-0.05, 0) is 12.1 Å². The standard InChI is InChI=1S/C12H9ClN4O/c13-8-10-14-15-11-12(18)16(6-7-17(10)11)9-4-2-1-3-5-9/h1-7H,8H2. The molecule has 90 valence electrons. The van der Waals surface area contributed by atoms with Crippen molar-refractivity contribution >= 4 is 17.2 Å². The molecule has 5 nitrogen and oxygen atoms in total. The Labute approximate surface area is 107 Å². The van der Waals surface area contributed by atoms with Gasteiger partial charge in [0.25, 0.3) is 0 Å². The van der Waals surface area contributed by atoms with Crippen LogP contribution in [0.1, 0.15) is 5.82 Å². The summed E-state index contributed by atoms with van der Waals surface area (Å²) in [5.41, 5.74) is 0.852. The van der Waals surface area contributed by atoms with Crippen LogP contribution in [0.4, 0.5) is 0 Å². The van der Waals surface area contributed by atoms with Crippen LogP contribution < -0.4 is 5.56 Å². The minimum absolute atomic E-state index is 0.215. The summed E-state index contributed by atoms with van der Waals surface area (Å²) in [4.78, 5) is 12.3. The summed E-state index contributed by atoms with van der Waals surface area (Å²) in [6.07, 6.45) is 3.42. The second-order valence-electron chi connectivity index (χ2n) is 3.75. The molecule has 0 spiro atoms. The van der Waals surface area contributed by atoms with Gasteiger partial charge in [-0.1, -0.05) is 18.2 Å². The molecule has 0 aliphatic rings. The van der Waals surface area contributed by atoms with Crippen molar-refractivity contribution in [1.29, 1.82) is 0 Å². The molecule has 0 amide bonds. The van der Waals surface area contributed by atoms with Crippen LogP contribution in [0.5, 0.6) is 0 Å². The first-order chi connectivity index (χ1) is 8.81. The summed E-state index contributed by atoms with van der Waals surface area (Å²) in [7, 11) is 0. The van der Waals surface area contributed by atoms with Crippen LogP contribution >= 0.6 is 11.6 Å². The first-order valence-corrected chi connectivity index (χ1v) is 5.91. The summed E-state index contributed by atoms with van der Waals surface area (Å²) in [5.74, 6) is 0.777. The molecule has 3 aromatic rings. The molecule has 18 heavy (non-hydrogen) atoms. The van der Waals surface area contributed by atoms with Crippen molar-refractivity contribution in [2.45, 2.75) is 5.88 Å². The van der Waals surface area contributed by atoms with Crippen molar-refractivity contribution in [1.82, 2.24) is 19.2 Å². The lowest BCUT2D eigenvalue weighted by molar-refractivity contribution is 0.931. The fourth-order valence-corrected chi connectivity index (χ4v) is 2.00. The van der Waals surface area contributed by atoms with Crippen LogP contribution in [0.3, 0.4) is 0 Å². The first kappa shape index (κ1) is 11.0. The zero-order chi connectivity index (χ0) is 12.5. The fourth-order valence-electron chi connectivity index (χ4n) is 1.82. The van der Waals surface area contributed by atoms with Crippen molar-refractivity contribution < 1.29 is 0 Å². The third-order valence-corrected chi connectivity index (χ3v) is 2.93. The van der Waals surface area contributed by atoms with Crippen LogP contribution in [0.25, 0.3) is 11.3 Å². The number of rotatable bonds is 2. The second-order valence-corrected chi connectivity index (χ2v) is 4.02. The van der Waals surface area contributed by atoms with Crippen molar-refractivity contribution in [2.75, 3.05) is 0 Å². The summed E-state index contributed by atoms with van der Waals surface area (Å²) in [6, 6.07) is 9.36. The van der Waals surface area contributed by atoms with Crippen molar-refractivity contribution in [3.63, 3.8) is 0 Å². The van der Waals surface area contributed by atoms with E-state index in [-0.39, 0.29) is 17.1 Å². The summed E-state index contributed by atoms with van der Waals surface area (Å²) >= 11 is 5.72. The van der Waals surface area contributed by atoms with E-state index in [0.29, 0.717) is 5.82 Å². The fraction of sp³-hybridized carbons (Fsp3) is 0.0833. The molecule has 3 rings (SSSR count). The van der Waals surface area contributed by atoms with Crippen LogP contribution in [0.2, 0.25) is 0 Å². The molecule has 6 heteroatoms. The van der Waals surface area contributed by atoms with Gasteiger partial charge in [0.15, 0.2) is 5.82 Å². The van der Waals surface area contributed by atoms with Gasteiger partial charge in [-0.2, -0.15) is 0 Å². The number of alkyl halides is 1. The van der Waals surface area contributed by atoms with E-state index in [4.69, 9.17) is 11.6 Å². The Hall–Kier alpha value is -2.14. The molecule has 0 atom stereocenters. The molecule has 0 unspecified atom stereocenters. The van der Waals surface area contributed by atoms with Gasteiger partial charge in [0.05, 0.1) is 5.88 Å². The molecule has 2 aromatic heterocycles. The van der Waals surface area contributed by atoms with Gasteiger partial charge in [0.2, 0.25) is 5.65 Å². The van der Waals surface area contributed by atoms with Gasteiger partial charge in [-0.3, -0.25) is 13.8 Å². The van der Waals surface area contributed by atoms with Gasteiger partial charge in [0, 0.05) is 18.1 Å². The van der Waals surface area contributed by atoms with Crippen LogP contribution in [-0.2, 0) is 5.88 Å².